The lowest BCUT2D eigenvalue weighted by molar-refractivity contribution is -0.111. The number of halogens is 1. The van der Waals surface area contributed by atoms with Gasteiger partial charge in [-0.05, 0) is 48.9 Å². The molecule has 0 saturated heterocycles. The summed E-state index contributed by atoms with van der Waals surface area (Å²) < 4.78 is 1.88. The zero-order valence-corrected chi connectivity index (χ0v) is 17.4. The van der Waals surface area contributed by atoms with Gasteiger partial charge in [0.1, 0.15) is 23.8 Å². The number of anilines is 3. The van der Waals surface area contributed by atoms with Gasteiger partial charge in [0.25, 0.3) is 0 Å². The monoisotopic (exact) mass is 430 g/mol. The van der Waals surface area contributed by atoms with E-state index in [1.807, 2.05) is 66.2 Å². The predicted octanol–water partition coefficient (Wildman–Crippen LogP) is 5.02. The molecule has 2 aromatic carbocycles. The van der Waals surface area contributed by atoms with Crippen LogP contribution in [0, 0.1) is 6.92 Å². The van der Waals surface area contributed by atoms with E-state index in [0.29, 0.717) is 16.5 Å². The van der Waals surface area contributed by atoms with Gasteiger partial charge in [-0.3, -0.25) is 9.36 Å². The first-order chi connectivity index (χ1) is 15.1. The van der Waals surface area contributed by atoms with Crippen molar-refractivity contribution in [3.63, 3.8) is 0 Å². The molecule has 0 atom stereocenters. The Morgan fingerprint density at radius 1 is 1.03 bits per heavy atom. The van der Waals surface area contributed by atoms with Gasteiger partial charge >= 0.3 is 0 Å². The van der Waals surface area contributed by atoms with Crippen LogP contribution in [0.15, 0.2) is 79.4 Å². The molecule has 0 spiro atoms. The zero-order valence-electron chi connectivity index (χ0n) is 16.7. The standard InChI is InChI=1S/C23H19ClN6O/c1-16-25-12-13-30(16)22-14-21(26-15-27-22)28-18-7-9-19(10-8-18)29-23(31)11-6-17-4-2-3-5-20(17)24/h2-15H,1H3,(H,29,31)(H,26,27,28)/b11-6+. The molecular formula is C23H19ClN6O. The van der Waals surface area contributed by atoms with Crippen LogP contribution in [0.4, 0.5) is 17.2 Å². The van der Waals surface area contributed by atoms with E-state index in [2.05, 4.69) is 25.6 Å². The first kappa shape index (κ1) is 20.3. The number of aromatic nitrogens is 4. The van der Waals surface area contributed by atoms with Crippen LogP contribution in [-0.2, 0) is 4.79 Å². The maximum absolute atomic E-state index is 12.2. The molecule has 0 radical (unpaired) electrons. The van der Waals surface area contributed by atoms with Crippen molar-refractivity contribution in [1.29, 1.82) is 0 Å². The Kier molecular flexibility index (Phi) is 6.05. The average Bonchev–Trinajstić information content (AvgIpc) is 3.21. The van der Waals surface area contributed by atoms with E-state index < -0.39 is 0 Å². The van der Waals surface area contributed by atoms with E-state index in [-0.39, 0.29) is 5.91 Å². The first-order valence-corrected chi connectivity index (χ1v) is 9.89. The highest BCUT2D eigenvalue weighted by molar-refractivity contribution is 6.32. The molecule has 2 heterocycles. The van der Waals surface area contributed by atoms with E-state index in [9.17, 15) is 4.79 Å². The molecule has 0 aliphatic heterocycles. The number of hydrogen-bond acceptors (Lipinski definition) is 5. The number of benzene rings is 2. The van der Waals surface area contributed by atoms with Crippen LogP contribution in [-0.4, -0.2) is 25.4 Å². The Morgan fingerprint density at radius 3 is 2.55 bits per heavy atom. The molecule has 154 valence electrons. The molecule has 0 saturated carbocycles. The third kappa shape index (κ3) is 5.15. The van der Waals surface area contributed by atoms with Crippen LogP contribution in [0.2, 0.25) is 5.02 Å². The molecule has 31 heavy (non-hydrogen) atoms. The van der Waals surface area contributed by atoms with Crippen molar-refractivity contribution in [2.24, 2.45) is 0 Å². The molecule has 2 N–H and O–H groups in total. The fourth-order valence-electron chi connectivity index (χ4n) is 2.91. The lowest BCUT2D eigenvalue weighted by Gasteiger charge is -2.09. The largest absolute Gasteiger partial charge is 0.340 e. The second-order valence-electron chi connectivity index (χ2n) is 6.65. The second kappa shape index (κ2) is 9.23. The number of nitrogens with zero attached hydrogens (tertiary/aromatic N) is 4. The van der Waals surface area contributed by atoms with Gasteiger partial charge in [-0.2, -0.15) is 0 Å². The molecule has 4 aromatic rings. The Balaban J connectivity index is 1.39. The summed E-state index contributed by atoms with van der Waals surface area (Å²) in [6, 6.07) is 16.5. The van der Waals surface area contributed by atoms with Gasteiger partial charge in [0, 0.05) is 40.9 Å². The van der Waals surface area contributed by atoms with Crippen LogP contribution in [0.5, 0.6) is 0 Å². The van der Waals surface area contributed by atoms with Crippen molar-refractivity contribution in [2.45, 2.75) is 6.92 Å². The smallest absolute Gasteiger partial charge is 0.248 e. The van der Waals surface area contributed by atoms with Gasteiger partial charge in [0.05, 0.1) is 0 Å². The van der Waals surface area contributed by atoms with Crippen LogP contribution < -0.4 is 10.6 Å². The fourth-order valence-corrected chi connectivity index (χ4v) is 3.11. The molecule has 1 amide bonds. The van der Waals surface area contributed by atoms with Gasteiger partial charge in [-0.1, -0.05) is 29.8 Å². The Morgan fingerprint density at radius 2 is 1.81 bits per heavy atom. The molecule has 2 aromatic heterocycles. The summed E-state index contributed by atoms with van der Waals surface area (Å²) in [4.78, 5) is 24.9. The van der Waals surface area contributed by atoms with Gasteiger partial charge in [-0.25, -0.2) is 15.0 Å². The summed E-state index contributed by atoms with van der Waals surface area (Å²) in [6.45, 7) is 1.91. The topological polar surface area (TPSA) is 84.7 Å². The molecule has 4 rings (SSSR count). The van der Waals surface area contributed by atoms with Gasteiger partial charge < -0.3 is 10.6 Å². The van der Waals surface area contributed by atoms with Crippen molar-refractivity contribution in [3.8, 4) is 5.82 Å². The number of amides is 1. The van der Waals surface area contributed by atoms with Gasteiger partial charge in [0.2, 0.25) is 5.91 Å². The molecule has 7 nitrogen and oxygen atoms in total. The molecular weight excluding hydrogens is 412 g/mol. The zero-order chi connectivity index (χ0) is 21.6. The summed E-state index contributed by atoms with van der Waals surface area (Å²) in [5.41, 5.74) is 2.29. The lowest BCUT2D eigenvalue weighted by Crippen LogP contribution is -2.07. The number of imidazole rings is 1. The van der Waals surface area contributed by atoms with Crippen LogP contribution in [0.25, 0.3) is 11.9 Å². The minimum absolute atomic E-state index is 0.239. The van der Waals surface area contributed by atoms with E-state index >= 15 is 0 Å². The molecule has 0 aliphatic rings. The van der Waals surface area contributed by atoms with Gasteiger partial charge in [-0.15, -0.1) is 0 Å². The van der Waals surface area contributed by atoms with E-state index in [4.69, 9.17) is 11.6 Å². The normalized spacial score (nSPS) is 10.9. The Labute approximate surface area is 184 Å². The van der Waals surface area contributed by atoms with Crippen molar-refractivity contribution in [1.82, 2.24) is 19.5 Å². The number of carbonyl (C=O) groups excluding carboxylic acids is 1. The van der Waals surface area contributed by atoms with Gasteiger partial charge in [0.15, 0.2) is 0 Å². The molecule has 0 bridgehead atoms. The first-order valence-electron chi connectivity index (χ1n) is 9.51. The average molecular weight is 431 g/mol. The summed E-state index contributed by atoms with van der Waals surface area (Å²) in [6.07, 6.45) is 8.20. The SMILES string of the molecule is Cc1nccn1-c1cc(Nc2ccc(NC(=O)/C=C/c3ccccc3Cl)cc2)ncn1. The summed E-state index contributed by atoms with van der Waals surface area (Å²) >= 11 is 6.09. The number of hydrogen-bond donors (Lipinski definition) is 2. The van der Waals surface area contributed by atoms with E-state index in [1.165, 1.54) is 12.4 Å². The minimum Gasteiger partial charge on any atom is -0.340 e. The Bertz CT molecular complexity index is 1230. The molecule has 0 fully saturated rings. The van der Waals surface area contributed by atoms with Crippen LogP contribution >= 0.6 is 11.6 Å². The predicted molar refractivity (Wildman–Crippen MR) is 123 cm³/mol. The van der Waals surface area contributed by atoms with Crippen molar-refractivity contribution >= 4 is 40.8 Å². The molecule has 8 heteroatoms. The van der Waals surface area contributed by atoms with E-state index in [1.54, 1.807) is 18.3 Å². The highest BCUT2D eigenvalue weighted by Gasteiger charge is 2.05. The van der Waals surface area contributed by atoms with Crippen LogP contribution in [0.3, 0.4) is 0 Å². The summed E-state index contributed by atoms with van der Waals surface area (Å²) in [7, 11) is 0. The third-order valence-electron chi connectivity index (χ3n) is 4.47. The number of carbonyl (C=O) groups is 1. The summed E-state index contributed by atoms with van der Waals surface area (Å²) in [5.74, 6) is 1.98. The lowest BCUT2D eigenvalue weighted by atomic mass is 10.2. The molecule has 0 unspecified atom stereocenters. The number of rotatable bonds is 6. The quantitative estimate of drug-likeness (QED) is 0.419. The van der Waals surface area contributed by atoms with Crippen molar-refractivity contribution < 1.29 is 4.79 Å². The fraction of sp³-hybridized carbons (Fsp3) is 0.0435. The number of aryl methyl sites for hydroxylation is 1. The van der Waals surface area contributed by atoms with Crippen LogP contribution in [0.1, 0.15) is 11.4 Å². The highest BCUT2D eigenvalue weighted by Crippen LogP contribution is 2.20. The number of nitrogens with one attached hydrogen (secondary N) is 2. The molecule has 0 aliphatic carbocycles. The second-order valence-corrected chi connectivity index (χ2v) is 7.06. The Hall–Kier alpha value is -3.97. The van der Waals surface area contributed by atoms with E-state index in [0.717, 1.165) is 22.9 Å². The maximum atomic E-state index is 12.2. The van der Waals surface area contributed by atoms with Crippen molar-refractivity contribution in [3.05, 3.63) is 95.8 Å². The third-order valence-corrected chi connectivity index (χ3v) is 4.81. The maximum Gasteiger partial charge on any atom is 0.248 e. The minimum atomic E-state index is -0.239. The van der Waals surface area contributed by atoms with Crippen molar-refractivity contribution in [2.75, 3.05) is 10.6 Å². The highest BCUT2D eigenvalue weighted by atomic mass is 35.5. The summed E-state index contributed by atoms with van der Waals surface area (Å²) in [5, 5.41) is 6.65.